The van der Waals surface area contributed by atoms with Crippen molar-refractivity contribution in [2.75, 3.05) is 13.7 Å². The number of aryl methyl sites for hydroxylation is 1. The first-order valence-electron chi connectivity index (χ1n) is 15.0. The van der Waals surface area contributed by atoms with Gasteiger partial charge in [-0.3, -0.25) is 9.36 Å². The zero-order chi connectivity index (χ0) is 33.1. The van der Waals surface area contributed by atoms with Crippen molar-refractivity contribution in [2.45, 2.75) is 59.6 Å². The number of aromatic nitrogens is 1. The zero-order valence-electron chi connectivity index (χ0n) is 26.5. The summed E-state index contributed by atoms with van der Waals surface area (Å²) in [7, 11) is 1.55. The molecule has 0 aliphatic carbocycles. The van der Waals surface area contributed by atoms with Crippen LogP contribution in [0.4, 0.5) is 0 Å². The van der Waals surface area contributed by atoms with Gasteiger partial charge in [0.25, 0.3) is 5.56 Å². The predicted octanol–water partition coefficient (Wildman–Crippen LogP) is 6.48. The van der Waals surface area contributed by atoms with Gasteiger partial charge in [0.15, 0.2) is 4.80 Å². The van der Waals surface area contributed by atoms with Crippen molar-refractivity contribution in [2.24, 2.45) is 4.99 Å². The Kier molecular flexibility index (Phi) is 10.1. The molecule has 0 spiro atoms. The fourth-order valence-electron chi connectivity index (χ4n) is 5.39. The average molecular weight is 708 g/mol. The normalized spacial score (nSPS) is 14.7. The molecule has 0 saturated heterocycles. The third-order valence-corrected chi connectivity index (χ3v) is 8.83. The predicted molar refractivity (Wildman–Crippen MR) is 180 cm³/mol. The molecule has 11 heteroatoms. The van der Waals surface area contributed by atoms with Crippen LogP contribution in [0, 0.1) is 6.92 Å². The maximum atomic E-state index is 14.2. The van der Waals surface area contributed by atoms with Gasteiger partial charge in [-0.05, 0) is 82.1 Å². The van der Waals surface area contributed by atoms with E-state index in [1.807, 2.05) is 52.0 Å². The van der Waals surface area contributed by atoms with Crippen molar-refractivity contribution in [1.29, 1.82) is 0 Å². The second kappa shape index (κ2) is 14.0. The molecule has 0 amide bonds. The number of hydrogen-bond donors (Lipinski definition) is 0. The van der Waals surface area contributed by atoms with Crippen LogP contribution >= 0.6 is 27.3 Å². The molecule has 240 valence electrons. The Morgan fingerprint density at radius 2 is 1.89 bits per heavy atom. The highest BCUT2D eigenvalue weighted by atomic mass is 79.9. The van der Waals surface area contributed by atoms with Gasteiger partial charge in [0.2, 0.25) is 0 Å². The van der Waals surface area contributed by atoms with E-state index in [9.17, 15) is 14.4 Å². The fourth-order valence-corrected chi connectivity index (χ4v) is 6.77. The molecule has 1 aliphatic rings. The molecule has 0 fully saturated rings. The molecule has 9 nitrogen and oxygen atoms in total. The molecule has 0 bridgehead atoms. The van der Waals surface area contributed by atoms with Crippen LogP contribution < -0.4 is 19.6 Å². The summed E-state index contributed by atoms with van der Waals surface area (Å²) >= 11 is 4.77. The number of carbonyl (C=O) groups excluding carboxylic acids is 2. The average Bonchev–Trinajstić information content (AvgIpc) is 3.60. The van der Waals surface area contributed by atoms with Gasteiger partial charge in [-0.15, -0.1) is 0 Å². The summed E-state index contributed by atoms with van der Waals surface area (Å²) < 4.78 is 25.4. The van der Waals surface area contributed by atoms with Crippen molar-refractivity contribution in [3.63, 3.8) is 0 Å². The van der Waals surface area contributed by atoms with E-state index in [2.05, 4.69) is 15.9 Å². The van der Waals surface area contributed by atoms with Crippen LogP contribution in [0.1, 0.15) is 73.8 Å². The molecule has 2 aromatic carbocycles. The summed E-state index contributed by atoms with van der Waals surface area (Å²) in [6, 6.07) is 13.6. The standard InChI is InChI=1S/C35H35BrN2O7S/c1-7-9-26-30(34(41)43-8-2)31(25-17-22(36)11-14-27(25)42-6)38-32(39)29(46-35(38)37-26)18-23-12-15-28(45-23)24-13-10-21(16-20(24)5)33(40)44-19(3)4/h10-19,31H,7-9H2,1-6H3/b29-18-/t31-/m0/s1. The number of furan rings is 1. The maximum absolute atomic E-state index is 14.2. The van der Waals surface area contributed by atoms with E-state index in [0.717, 1.165) is 22.0 Å². The summed E-state index contributed by atoms with van der Waals surface area (Å²) in [6.07, 6.45) is 2.74. The lowest BCUT2D eigenvalue weighted by Gasteiger charge is -2.27. The minimum Gasteiger partial charge on any atom is -0.496 e. The van der Waals surface area contributed by atoms with Crippen LogP contribution in [0.15, 0.2) is 78.5 Å². The molecule has 4 aromatic rings. The Hall–Kier alpha value is -4.22. The van der Waals surface area contributed by atoms with Crippen molar-refractivity contribution >= 4 is 45.3 Å². The highest BCUT2D eigenvalue weighted by Crippen LogP contribution is 2.38. The van der Waals surface area contributed by atoms with E-state index in [0.29, 0.717) is 55.4 Å². The molecule has 0 radical (unpaired) electrons. The van der Waals surface area contributed by atoms with Gasteiger partial charge < -0.3 is 18.6 Å². The number of nitrogens with zero attached hydrogens (tertiary/aromatic N) is 2. The van der Waals surface area contributed by atoms with Crippen molar-refractivity contribution in [1.82, 2.24) is 4.57 Å². The van der Waals surface area contributed by atoms with Gasteiger partial charge in [0, 0.05) is 21.7 Å². The topological polar surface area (TPSA) is 109 Å². The molecule has 1 atom stereocenters. The Bertz CT molecular complexity index is 2020. The number of ether oxygens (including phenoxy) is 3. The van der Waals surface area contributed by atoms with E-state index in [4.69, 9.17) is 23.6 Å². The number of thiazole rings is 1. The van der Waals surface area contributed by atoms with Crippen molar-refractivity contribution in [3.05, 3.63) is 106 Å². The molecule has 2 aromatic heterocycles. The van der Waals surface area contributed by atoms with E-state index in [1.54, 1.807) is 44.4 Å². The third-order valence-electron chi connectivity index (χ3n) is 7.35. The van der Waals surface area contributed by atoms with E-state index >= 15 is 0 Å². The van der Waals surface area contributed by atoms with Crippen LogP contribution in [0.3, 0.4) is 0 Å². The number of carbonyl (C=O) groups is 2. The smallest absolute Gasteiger partial charge is 0.338 e. The maximum Gasteiger partial charge on any atom is 0.338 e. The minimum absolute atomic E-state index is 0.180. The van der Waals surface area contributed by atoms with Crippen LogP contribution in [-0.2, 0) is 14.3 Å². The van der Waals surface area contributed by atoms with Crippen LogP contribution in [-0.4, -0.2) is 36.3 Å². The van der Waals surface area contributed by atoms with Gasteiger partial charge in [0.05, 0.1) is 41.2 Å². The summed E-state index contributed by atoms with van der Waals surface area (Å²) in [5, 5.41) is 0. The lowest BCUT2D eigenvalue weighted by atomic mass is 9.93. The molecule has 46 heavy (non-hydrogen) atoms. The first-order chi connectivity index (χ1) is 22.1. The fraction of sp³-hybridized carbons (Fsp3) is 0.314. The summed E-state index contributed by atoms with van der Waals surface area (Å²) in [5.74, 6) is 0.680. The zero-order valence-corrected chi connectivity index (χ0v) is 28.9. The number of methoxy groups -OCH3 is 1. The molecule has 1 aliphatic heterocycles. The highest BCUT2D eigenvalue weighted by molar-refractivity contribution is 9.10. The van der Waals surface area contributed by atoms with Gasteiger partial charge >= 0.3 is 11.9 Å². The van der Waals surface area contributed by atoms with Gasteiger partial charge in [0.1, 0.15) is 23.3 Å². The molecule has 0 N–H and O–H groups in total. The Morgan fingerprint density at radius 3 is 2.57 bits per heavy atom. The Balaban J connectivity index is 1.62. The van der Waals surface area contributed by atoms with Crippen LogP contribution in [0.25, 0.3) is 17.4 Å². The third kappa shape index (κ3) is 6.66. The minimum atomic E-state index is -0.817. The summed E-state index contributed by atoms with van der Waals surface area (Å²) in [4.78, 5) is 45.3. The highest BCUT2D eigenvalue weighted by Gasteiger charge is 2.36. The molecular formula is C35H35BrN2O7S. The summed E-state index contributed by atoms with van der Waals surface area (Å²) in [6.45, 7) is 9.45. The second-order valence-corrected chi connectivity index (χ2v) is 12.9. The number of esters is 2. The number of allylic oxidation sites excluding steroid dienone is 1. The number of rotatable bonds is 10. The van der Waals surface area contributed by atoms with Gasteiger partial charge in [-0.1, -0.05) is 46.7 Å². The largest absolute Gasteiger partial charge is 0.496 e. The Morgan fingerprint density at radius 1 is 1.11 bits per heavy atom. The van der Waals surface area contributed by atoms with E-state index in [-0.39, 0.29) is 24.2 Å². The molecule has 5 rings (SSSR count). The number of benzene rings is 2. The van der Waals surface area contributed by atoms with Crippen molar-refractivity contribution in [3.8, 4) is 17.1 Å². The van der Waals surface area contributed by atoms with E-state index < -0.39 is 12.0 Å². The monoisotopic (exact) mass is 706 g/mol. The first kappa shape index (κ1) is 33.2. The summed E-state index contributed by atoms with van der Waals surface area (Å²) in [5.41, 5.74) is 3.32. The number of halogens is 1. The molecular weight excluding hydrogens is 672 g/mol. The number of fused-ring (bicyclic) bond motifs is 1. The van der Waals surface area contributed by atoms with Crippen LogP contribution in [0.2, 0.25) is 0 Å². The lowest BCUT2D eigenvalue weighted by Crippen LogP contribution is -2.40. The number of hydrogen-bond acceptors (Lipinski definition) is 9. The molecule has 3 heterocycles. The molecule has 0 unspecified atom stereocenters. The lowest BCUT2D eigenvalue weighted by molar-refractivity contribution is -0.139. The SMILES string of the molecule is CCCC1=C(C(=O)OCC)[C@H](c2cc(Br)ccc2OC)n2c(s/c(=C\c3ccc(-c4ccc(C(=O)OC(C)C)cc4C)o3)c2=O)=N1. The quantitative estimate of drug-likeness (QED) is 0.174. The molecule has 0 saturated carbocycles. The van der Waals surface area contributed by atoms with Gasteiger partial charge in [-0.25, -0.2) is 14.6 Å². The Labute approximate surface area is 279 Å². The van der Waals surface area contributed by atoms with Crippen molar-refractivity contribution < 1.29 is 28.2 Å². The first-order valence-corrected chi connectivity index (χ1v) is 16.6. The van der Waals surface area contributed by atoms with Gasteiger partial charge in [-0.2, -0.15) is 0 Å². The second-order valence-electron chi connectivity index (χ2n) is 11.0. The van der Waals surface area contributed by atoms with E-state index in [1.165, 1.54) is 15.9 Å². The van der Waals surface area contributed by atoms with Crippen LogP contribution in [0.5, 0.6) is 5.75 Å².